The van der Waals surface area contributed by atoms with E-state index in [0.29, 0.717) is 11.6 Å². The third-order valence-corrected chi connectivity index (χ3v) is 9.60. The fraction of sp³-hybridized carbons (Fsp3) is 0.278. The first-order valence-electron chi connectivity index (χ1n) is 15.0. The zero-order valence-corrected chi connectivity index (χ0v) is 27.7. The van der Waals surface area contributed by atoms with E-state index in [9.17, 15) is 18.0 Å². The Bertz CT molecular complexity index is 1690. The van der Waals surface area contributed by atoms with Crippen LogP contribution in [0.1, 0.15) is 36.1 Å². The van der Waals surface area contributed by atoms with Crippen LogP contribution in [-0.2, 0) is 32.6 Å². The van der Waals surface area contributed by atoms with Crippen LogP contribution in [0.5, 0.6) is 0 Å². The molecule has 236 valence electrons. The molecule has 0 unspecified atom stereocenters. The average molecular weight is 646 g/mol. The first-order chi connectivity index (χ1) is 21.5. The van der Waals surface area contributed by atoms with Crippen LogP contribution in [0.4, 0.5) is 5.69 Å². The van der Waals surface area contributed by atoms with E-state index in [1.165, 1.54) is 17.0 Å². The molecule has 0 heterocycles. The highest BCUT2D eigenvalue weighted by atomic mass is 35.5. The number of nitrogens with zero attached hydrogens (tertiary/aromatic N) is 2. The molecule has 0 saturated heterocycles. The molecular weight excluding hydrogens is 606 g/mol. The number of hydrogen-bond donors (Lipinski definition) is 1. The molecule has 0 aliphatic heterocycles. The standard InChI is InChI=1S/C36H40ClN3O4S/c1-26(2)23-38-36(42)34(22-29-11-6-5-7-12-29)39(24-30-13-9-8-10-28(30)4)35(41)25-40(32-18-16-31(37)17-19-32)45(43,44)33-20-14-27(3)15-21-33/h5-21,26,34H,22-25H2,1-4H3,(H,38,42)/t34-/m1/s1. The SMILES string of the molecule is Cc1ccc(S(=O)(=O)N(CC(=O)N(Cc2ccccc2C)[C@H](Cc2ccccc2)C(=O)NCC(C)C)c2ccc(Cl)cc2)cc1. The van der Waals surface area contributed by atoms with Crippen LogP contribution in [0.2, 0.25) is 5.02 Å². The van der Waals surface area contributed by atoms with Gasteiger partial charge in [-0.1, -0.05) is 97.7 Å². The molecular formula is C36H40ClN3O4S. The van der Waals surface area contributed by atoms with Crippen LogP contribution >= 0.6 is 11.6 Å². The molecule has 9 heteroatoms. The number of rotatable bonds is 13. The highest BCUT2D eigenvalue weighted by Crippen LogP contribution is 2.27. The second kappa shape index (κ2) is 15.2. The lowest BCUT2D eigenvalue weighted by molar-refractivity contribution is -0.140. The van der Waals surface area contributed by atoms with Gasteiger partial charge in [0.05, 0.1) is 10.6 Å². The van der Waals surface area contributed by atoms with Gasteiger partial charge in [-0.25, -0.2) is 8.42 Å². The van der Waals surface area contributed by atoms with E-state index in [1.807, 2.05) is 82.3 Å². The predicted molar refractivity (Wildman–Crippen MR) is 181 cm³/mol. The molecule has 0 fully saturated rings. The zero-order valence-electron chi connectivity index (χ0n) is 26.1. The zero-order chi connectivity index (χ0) is 32.6. The number of nitrogens with one attached hydrogen (secondary N) is 1. The molecule has 0 saturated carbocycles. The summed E-state index contributed by atoms with van der Waals surface area (Å²) >= 11 is 6.14. The Labute approximate surface area is 271 Å². The molecule has 4 rings (SSSR count). The van der Waals surface area contributed by atoms with Gasteiger partial charge in [-0.15, -0.1) is 0 Å². The van der Waals surface area contributed by atoms with Gasteiger partial charge in [0.1, 0.15) is 12.6 Å². The second-order valence-corrected chi connectivity index (χ2v) is 13.9. The molecule has 0 bridgehead atoms. The monoisotopic (exact) mass is 645 g/mol. The van der Waals surface area contributed by atoms with E-state index in [2.05, 4.69) is 5.32 Å². The van der Waals surface area contributed by atoms with Gasteiger partial charge >= 0.3 is 0 Å². The maximum Gasteiger partial charge on any atom is 0.264 e. The van der Waals surface area contributed by atoms with Gasteiger partial charge in [-0.05, 0) is 72.9 Å². The number of hydrogen-bond acceptors (Lipinski definition) is 4. The fourth-order valence-electron chi connectivity index (χ4n) is 4.92. The summed E-state index contributed by atoms with van der Waals surface area (Å²) in [5, 5.41) is 3.45. The lowest BCUT2D eigenvalue weighted by Gasteiger charge is -2.34. The van der Waals surface area contributed by atoms with Gasteiger partial charge in [0.25, 0.3) is 10.0 Å². The fourth-order valence-corrected chi connectivity index (χ4v) is 6.46. The van der Waals surface area contributed by atoms with Crippen molar-refractivity contribution in [1.82, 2.24) is 10.2 Å². The first kappa shape index (κ1) is 33.7. The van der Waals surface area contributed by atoms with E-state index in [1.54, 1.807) is 36.4 Å². The Balaban J connectivity index is 1.80. The van der Waals surface area contributed by atoms with E-state index < -0.39 is 28.5 Å². The van der Waals surface area contributed by atoms with Gasteiger partial charge < -0.3 is 10.2 Å². The van der Waals surface area contributed by atoms with E-state index >= 15 is 0 Å². The molecule has 0 aliphatic rings. The number of carbonyl (C=O) groups excluding carboxylic acids is 2. The number of anilines is 1. The van der Waals surface area contributed by atoms with Crippen molar-refractivity contribution >= 4 is 39.1 Å². The Kier molecular flexibility index (Phi) is 11.4. The summed E-state index contributed by atoms with van der Waals surface area (Å²) in [5.74, 6) is -0.606. The minimum Gasteiger partial charge on any atom is -0.354 e. The third-order valence-electron chi connectivity index (χ3n) is 7.56. The van der Waals surface area contributed by atoms with E-state index in [4.69, 9.17) is 11.6 Å². The van der Waals surface area contributed by atoms with Crippen molar-refractivity contribution in [2.24, 2.45) is 5.92 Å². The molecule has 1 N–H and O–H groups in total. The normalized spacial score (nSPS) is 12.0. The number of benzene rings is 4. The molecule has 0 aromatic heterocycles. The molecule has 0 radical (unpaired) electrons. The highest BCUT2D eigenvalue weighted by Gasteiger charge is 2.34. The summed E-state index contributed by atoms with van der Waals surface area (Å²) in [6.07, 6.45) is 0.258. The number of carbonyl (C=O) groups is 2. The van der Waals surface area contributed by atoms with E-state index in [-0.39, 0.29) is 35.4 Å². The maximum atomic E-state index is 14.5. The lowest BCUT2D eigenvalue weighted by atomic mass is 10.0. The molecule has 0 aliphatic carbocycles. The first-order valence-corrected chi connectivity index (χ1v) is 16.8. The predicted octanol–water partition coefficient (Wildman–Crippen LogP) is 6.56. The van der Waals surface area contributed by atoms with Crippen LogP contribution in [0.15, 0.2) is 108 Å². The minimum absolute atomic E-state index is 0.0526. The van der Waals surface area contributed by atoms with Crippen LogP contribution in [-0.4, -0.2) is 44.3 Å². The molecule has 0 spiro atoms. The van der Waals surface area contributed by atoms with Crippen LogP contribution in [0.25, 0.3) is 0 Å². The molecule has 4 aromatic rings. The van der Waals surface area contributed by atoms with Crippen molar-refractivity contribution < 1.29 is 18.0 Å². The number of amides is 2. The van der Waals surface area contributed by atoms with Crippen molar-refractivity contribution in [2.45, 2.75) is 51.6 Å². The van der Waals surface area contributed by atoms with Crippen LogP contribution < -0.4 is 9.62 Å². The average Bonchev–Trinajstić information content (AvgIpc) is 3.02. The van der Waals surface area contributed by atoms with E-state index in [0.717, 1.165) is 26.6 Å². The van der Waals surface area contributed by atoms with Crippen molar-refractivity contribution in [2.75, 3.05) is 17.4 Å². The Morgan fingerprint density at radius 2 is 1.44 bits per heavy atom. The maximum absolute atomic E-state index is 14.5. The van der Waals surface area contributed by atoms with Gasteiger partial charge in [0.2, 0.25) is 11.8 Å². The second-order valence-electron chi connectivity index (χ2n) is 11.6. The summed E-state index contributed by atoms with van der Waals surface area (Å²) in [6.45, 7) is 7.87. The Morgan fingerprint density at radius 3 is 2.07 bits per heavy atom. The van der Waals surface area contributed by atoms with Crippen molar-refractivity contribution in [3.05, 3.63) is 130 Å². The van der Waals surface area contributed by atoms with Crippen molar-refractivity contribution in [1.29, 1.82) is 0 Å². The minimum atomic E-state index is -4.18. The molecule has 7 nitrogen and oxygen atoms in total. The number of aryl methyl sites for hydroxylation is 2. The molecule has 2 amide bonds. The Morgan fingerprint density at radius 1 is 0.822 bits per heavy atom. The lowest BCUT2D eigenvalue weighted by Crippen LogP contribution is -2.53. The van der Waals surface area contributed by atoms with Crippen molar-refractivity contribution in [3.63, 3.8) is 0 Å². The van der Waals surface area contributed by atoms with Crippen molar-refractivity contribution in [3.8, 4) is 0 Å². The topological polar surface area (TPSA) is 86.8 Å². The third kappa shape index (κ3) is 8.96. The molecule has 1 atom stereocenters. The van der Waals surface area contributed by atoms with Gasteiger partial charge in [-0.2, -0.15) is 0 Å². The number of sulfonamides is 1. The van der Waals surface area contributed by atoms with Gasteiger partial charge in [-0.3, -0.25) is 13.9 Å². The van der Waals surface area contributed by atoms with Gasteiger partial charge in [0.15, 0.2) is 0 Å². The quantitative estimate of drug-likeness (QED) is 0.178. The summed E-state index contributed by atoms with van der Waals surface area (Å²) in [5.41, 5.74) is 3.89. The summed E-state index contributed by atoms with van der Waals surface area (Å²) < 4.78 is 29.3. The highest BCUT2D eigenvalue weighted by molar-refractivity contribution is 7.92. The van der Waals surface area contributed by atoms with Gasteiger partial charge in [0, 0.05) is 24.5 Å². The Hall–Kier alpha value is -4.14. The summed E-state index contributed by atoms with van der Waals surface area (Å²) in [7, 11) is -4.18. The van der Waals surface area contributed by atoms with Crippen LogP contribution in [0.3, 0.4) is 0 Å². The summed E-state index contributed by atoms with van der Waals surface area (Å²) in [4.78, 5) is 30.0. The largest absolute Gasteiger partial charge is 0.354 e. The number of halogens is 1. The summed E-state index contributed by atoms with van der Waals surface area (Å²) in [6, 6.07) is 29.1. The molecule has 4 aromatic carbocycles. The smallest absolute Gasteiger partial charge is 0.264 e. The molecule has 45 heavy (non-hydrogen) atoms. The van der Waals surface area contributed by atoms with Crippen LogP contribution in [0, 0.1) is 19.8 Å².